The molecule has 1 saturated heterocycles. The topological polar surface area (TPSA) is 102 Å². The summed E-state index contributed by atoms with van der Waals surface area (Å²) in [7, 11) is 0. The Balaban J connectivity index is 1.78. The summed E-state index contributed by atoms with van der Waals surface area (Å²) < 4.78 is 10.7. The van der Waals surface area contributed by atoms with Gasteiger partial charge in [-0.2, -0.15) is 0 Å². The molecule has 8 heteroatoms. The highest BCUT2D eigenvalue weighted by Gasteiger charge is 2.42. The normalized spacial score (nSPS) is 16.9. The van der Waals surface area contributed by atoms with Crippen molar-refractivity contribution in [2.45, 2.75) is 25.3 Å². The monoisotopic (exact) mass is 336 g/mol. The number of hydrogen-bond donors (Lipinski definition) is 2. The first kappa shape index (κ1) is 15.7. The molecule has 0 unspecified atom stereocenters. The molecule has 2 aromatic heterocycles. The Morgan fingerprint density at radius 3 is 2.70 bits per heavy atom. The van der Waals surface area contributed by atoms with Gasteiger partial charge in [-0.1, -0.05) is 0 Å². The number of aliphatic carboxylic acids is 1. The maximum Gasteiger partial charge on any atom is 0.329 e. The summed E-state index contributed by atoms with van der Waals surface area (Å²) in [6, 6.07) is 3.60. The summed E-state index contributed by atoms with van der Waals surface area (Å²) in [5.74, 6) is -0.204. The van der Waals surface area contributed by atoms with Gasteiger partial charge >= 0.3 is 5.97 Å². The minimum Gasteiger partial charge on any atom is -0.480 e. The van der Waals surface area contributed by atoms with Crippen molar-refractivity contribution < 1.29 is 23.8 Å². The third kappa shape index (κ3) is 3.13. The predicted octanol–water partition coefficient (Wildman–Crippen LogP) is 2.08. The van der Waals surface area contributed by atoms with Crippen LogP contribution in [0.3, 0.4) is 0 Å². The molecule has 1 aliphatic heterocycles. The highest BCUT2D eigenvalue weighted by Crippen LogP contribution is 2.26. The zero-order chi connectivity index (χ0) is 16.4. The minimum atomic E-state index is -1.29. The number of amides is 1. The van der Waals surface area contributed by atoms with Crippen LogP contribution in [-0.4, -0.2) is 40.7 Å². The summed E-state index contributed by atoms with van der Waals surface area (Å²) in [4.78, 5) is 28.2. The molecule has 0 bridgehead atoms. The summed E-state index contributed by atoms with van der Waals surface area (Å²) in [5, 5.41) is 14.3. The van der Waals surface area contributed by atoms with Gasteiger partial charge in [-0.05, 0) is 19.1 Å². The number of nitrogens with zero attached hydrogens (tertiary/aromatic N) is 1. The van der Waals surface area contributed by atoms with E-state index >= 15 is 0 Å². The first-order valence-electron chi connectivity index (χ1n) is 7.16. The van der Waals surface area contributed by atoms with Crippen molar-refractivity contribution in [3.8, 4) is 10.8 Å². The SMILES string of the molecule is Cc1ccc(-c2nc(C(=O)NC3(C(=O)O)CCOCC3)cs2)o1. The molecule has 1 aliphatic rings. The van der Waals surface area contributed by atoms with Gasteiger partial charge in [0.1, 0.15) is 17.0 Å². The molecule has 2 aromatic rings. The highest BCUT2D eigenvalue weighted by molar-refractivity contribution is 7.13. The lowest BCUT2D eigenvalue weighted by molar-refractivity contribution is -0.148. The van der Waals surface area contributed by atoms with Crippen molar-refractivity contribution in [3.63, 3.8) is 0 Å². The zero-order valence-corrected chi connectivity index (χ0v) is 13.3. The number of aromatic nitrogens is 1. The zero-order valence-electron chi connectivity index (χ0n) is 12.5. The summed E-state index contributed by atoms with van der Waals surface area (Å²) in [6.45, 7) is 2.44. The molecule has 0 saturated carbocycles. The molecular formula is C15H16N2O5S. The Morgan fingerprint density at radius 1 is 1.35 bits per heavy atom. The van der Waals surface area contributed by atoms with Gasteiger partial charge < -0.3 is 19.6 Å². The molecule has 7 nitrogen and oxygen atoms in total. The quantitative estimate of drug-likeness (QED) is 0.886. The van der Waals surface area contributed by atoms with Crippen molar-refractivity contribution in [1.29, 1.82) is 0 Å². The fraction of sp³-hybridized carbons (Fsp3) is 0.400. The van der Waals surface area contributed by atoms with Crippen LogP contribution in [0.5, 0.6) is 0 Å². The number of thiazole rings is 1. The molecule has 0 spiro atoms. The Labute approximate surface area is 136 Å². The van der Waals surface area contributed by atoms with E-state index in [2.05, 4.69) is 10.3 Å². The summed E-state index contributed by atoms with van der Waals surface area (Å²) in [6.07, 6.45) is 0.477. The first-order chi connectivity index (χ1) is 11.0. The average Bonchev–Trinajstić information content (AvgIpc) is 3.16. The number of nitrogens with one attached hydrogen (secondary N) is 1. The number of carboxylic acids is 1. The van der Waals surface area contributed by atoms with Crippen molar-refractivity contribution in [3.05, 3.63) is 29.0 Å². The van der Waals surface area contributed by atoms with Crippen molar-refractivity contribution in [1.82, 2.24) is 10.3 Å². The van der Waals surface area contributed by atoms with E-state index in [9.17, 15) is 14.7 Å². The number of carbonyl (C=O) groups is 2. The summed E-state index contributed by atoms with van der Waals surface area (Å²) >= 11 is 1.28. The van der Waals surface area contributed by atoms with E-state index in [-0.39, 0.29) is 18.5 Å². The maximum absolute atomic E-state index is 12.4. The lowest BCUT2D eigenvalue weighted by Crippen LogP contribution is -2.57. The van der Waals surface area contributed by atoms with Crippen LogP contribution in [0, 0.1) is 6.92 Å². The molecule has 1 fully saturated rings. The molecular weight excluding hydrogens is 320 g/mol. The van der Waals surface area contributed by atoms with Gasteiger partial charge in [0, 0.05) is 31.4 Å². The van der Waals surface area contributed by atoms with E-state index < -0.39 is 17.4 Å². The first-order valence-corrected chi connectivity index (χ1v) is 8.04. The van der Waals surface area contributed by atoms with Crippen molar-refractivity contribution >= 4 is 23.2 Å². The van der Waals surface area contributed by atoms with Crippen molar-refractivity contribution in [2.75, 3.05) is 13.2 Å². The van der Waals surface area contributed by atoms with Crippen LogP contribution < -0.4 is 5.32 Å². The van der Waals surface area contributed by atoms with Gasteiger partial charge in [0.05, 0.1) is 0 Å². The molecule has 23 heavy (non-hydrogen) atoms. The third-order valence-electron chi connectivity index (χ3n) is 3.80. The number of rotatable bonds is 4. The van der Waals surface area contributed by atoms with E-state index in [1.165, 1.54) is 11.3 Å². The van der Waals surface area contributed by atoms with Crippen LogP contribution in [0.15, 0.2) is 21.9 Å². The average molecular weight is 336 g/mol. The van der Waals surface area contributed by atoms with Gasteiger partial charge in [-0.3, -0.25) is 4.79 Å². The molecule has 0 aliphatic carbocycles. The van der Waals surface area contributed by atoms with Crippen molar-refractivity contribution in [2.24, 2.45) is 0 Å². The second-order valence-electron chi connectivity index (χ2n) is 5.40. The number of hydrogen-bond acceptors (Lipinski definition) is 6. The molecule has 122 valence electrons. The van der Waals surface area contributed by atoms with E-state index in [1.54, 1.807) is 11.4 Å². The Hall–Kier alpha value is -2.19. The van der Waals surface area contributed by atoms with Crippen LogP contribution in [0.25, 0.3) is 10.8 Å². The molecule has 0 atom stereocenters. The van der Waals surface area contributed by atoms with Gasteiger partial charge in [0.25, 0.3) is 5.91 Å². The third-order valence-corrected chi connectivity index (χ3v) is 4.65. The molecule has 0 radical (unpaired) electrons. The second-order valence-corrected chi connectivity index (χ2v) is 6.26. The minimum absolute atomic E-state index is 0.186. The standard InChI is InChI=1S/C15H16N2O5S/c1-9-2-3-11(22-9)13-16-10(8-23-13)12(18)17-15(14(19)20)4-6-21-7-5-15/h2-3,8H,4-7H2,1H3,(H,17,18)(H,19,20). The maximum atomic E-state index is 12.4. The van der Waals surface area contributed by atoms with Gasteiger partial charge in [0.2, 0.25) is 0 Å². The molecule has 1 amide bonds. The predicted molar refractivity (Wildman–Crippen MR) is 82.4 cm³/mol. The van der Waals surface area contributed by atoms with E-state index in [0.29, 0.717) is 24.0 Å². The molecule has 3 heterocycles. The number of furan rings is 1. The van der Waals surface area contributed by atoms with Gasteiger partial charge in [-0.25, -0.2) is 9.78 Å². The second kappa shape index (κ2) is 6.13. The van der Waals surface area contributed by atoms with Crippen LogP contribution in [0.1, 0.15) is 29.1 Å². The van der Waals surface area contributed by atoms with E-state index in [1.807, 2.05) is 13.0 Å². The number of carboxylic acid groups (broad SMARTS) is 1. The lowest BCUT2D eigenvalue weighted by Gasteiger charge is -2.33. The smallest absolute Gasteiger partial charge is 0.329 e. The van der Waals surface area contributed by atoms with Crippen LogP contribution >= 0.6 is 11.3 Å². The van der Waals surface area contributed by atoms with Crippen LogP contribution in [0.4, 0.5) is 0 Å². The van der Waals surface area contributed by atoms with E-state index in [4.69, 9.17) is 9.15 Å². The van der Waals surface area contributed by atoms with Crippen LogP contribution in [-0.2, 0) is 9.53 Å². The Kier molecular flexibility index (Phi) is 4.18. The fourth-order valence-corrected chi connectivity index (χ4v) is 3.19. The lowest BCUT2D eigenvalue weighted by atomic mass is 9.90. The molecule has 2 N–H and O–H groups in total. The summed E-state index contributed by atoms with van der Waals surface area (Å²) in [5.41, 5.74) is -1.11. The fourth-order valence-electron chi connectivity index (χ4n) is 2.43. The largest absolute Gasteiger partial charge is 0.480 e. The number of ether oxygens (including phenoxy) is 1. The molecule has 3 rings (SSSR count). The highest BCUT2D eigenvalue weighted by atomic mass is 32.1. The number of aryl methyl sites for hydroxylation is 1. The van der Waals surface area contributed by atoms with Gasteiger partial charge in [-0.15, -0.1) is 11.3 Å². The number of carbonyl (C=O) groups excluding carboxylic acids is 1. The van der Waals surface area contributed by atoms with E-state index in [0.717, 1.165) is 5.76 Å². The Bertz CT molecular complexity index is 730. The van der Waals surface area contributed by atoms with Crippen LogP contribution in [0.2, 0.25) is 0 Å². The Morgan fingerprint density at radius 2 is 2.09 bits per heavy atom. The van der Waals surface area contributed by atoms with Gasteiger partial charge in [0.15, 0.2) is 10.8 Å². The molecule has 0 aromatic carbocycles.